The number of aromatic nitrogens is 2. The minimum absolute atomic E-state index is 0.144. The van der Waals surface area contributed by atoms with Gasteiger partial charge in [-0.2, -0.15) is 5.10 Å². The molecule has 1 aromatic carbocycles. The van der Waals surface area contributed by atoms with Gasteiger partial charge < -0.3 is 5.73 Å². The standard InChI is InChI=1S/C11H13FN4O2S/c1-7-10(6-16(2)14-7)15-19(17,18)11-8(12)4-3-5-9(11)13/h3-6,15H,13H2,1-2H3. The molecule has 2 rings (SSSR count). The van der Waals surface area contributed by atoms with Crippen molar-refractivity contribution in [1.82, 2.24) is 9.78 Å². The third-order valence-electron chi connectivity index (χ3n) is 2.52. The number of rotatable bonds is 3. The molecular formula is C11H13FN4O2S. The van der Waals surface area contributed by atoms with Crippen LogP contribution in [0.5, 0.6) is 0 Å². The second kappa shape index (κ2) is 4.54. The summed E-state index contributed by atoms with van der Waals surface area (Å²) in [5.41, 5.74) is 6.15. The van der Waals surface area contributed by atoms with Gasteiger partial charge in [-0.05, 0) is 19.1 Å². The van der Waals surface area contributed by atoms with E-state index in [1.165, 1.54) is 23.0 Å². The zero-order valence-corrected chi connectivity index (χ0v) is 11.2. The van der Waals surface area contributed by atoms with Crippen LogP contribution in [0.4, 0.5) is 15.8 Å². The summed E-state index contributed by atoms with van der Waals surface area (Å²) in [6.07, 6.45) is 1.49. The molecule has 0 aliphatic heterocycles. The number of nitrogens with zero attached hydrogens (tertiary/aromatic N) is 2. The van der Waals surface area contributed by atoms with E-state index < -0.39 is 20.7 Å². The van der Waals surface area contributed by atoms with E-state index in [2.05, 4.69) is 9.82 Å². The third-order valence-corrected chi connectivity index (χ3v) is 3.98. The van der Waals surface area contributed by atoms with E-state index in [0.717, 1.165) is 6.07 Å². The first-order chi connectivity index (χ1) is 8.81. The van der Waals surface area contributed by atoms with E-state index in [4.69, 9.17) is 5.73 Å². The number of nitrogen functional groups attached to an aromatic ring is 1. The van der Waals surface area contributed by atoms with Crippen LogP contribution in [0.2, 0.25) is 0 Å². The number of halogens is 1. The highest BCUT2D eigenvalue weighted by molar-refractivity contribution is 7.92. The third kappa shape index (κ3) is 2.53. The van der Waals surface area contributed by atoms with Crippen molar-refractivity contribution in [2.45, 2.75) is 11.8 Å². The lowest BCUT2D eigenvalue weighted by Crippen LogP contribution is -2.16. The fourth-order valence-corrected chi connectivity index (χ4v) is 3.00. The minimum Gasteiger partial charge on any atom is -0.398 e. The molecule has 0 aliphatic carbocycles. The number of hydrogen-bond acceptors (Lipinski definition) is 4. The lowest BCUT2D eigenvalue weighted by atomic mass is 10.3. The van der Waals surface area contributed by atoms with Crippen molar-refractivity contribution in [2.24, 2.45) is 7.05 Å². The van der Waals surface area contributed by atoms with Gasteiger partial charge in [0.15, 0.2) is 0 Å². The van der Waals surface area contributed by atoms with Gasteiger partial charge in [-0.3, -0.25) is 9.40 Å². The molecule has 1 aromatic heterocycles. The summed E-state index contributed by atoms with van der Waals surface area (Å²) in [6, 6.07) is 3.72. The summed E-state index contributed by atoms with van der Waals surface area (Å²) in [5, 5.41) is 4.00. The topological polar surface area (TPSA) is 90.0 Å². The van der Waals surface area contributed by atoms with Crippen molar-refractivity contribution in [1.29, 1.82) is 0 Å². The van der Waals surface area contributed by atoms with Gasteiger partial charge in [0, 0.05) is 13.2 Å². The Morgan fingerprint density at radius 3 is 2.63 bits per heavy atom. The van der Waals surface area contributed by atoms with Gasteiger partial charge in [-0.25, -0.2) is 12.8 Å². The molecule has 8 heteroatoms. The van der Waals surface area contributed by atoms with E-state index in [-0.39, 0.29) is 11.4 Å². The summed E-state index contributed by atoms with van der Waals surface area (Å²) in [5.74, 6) is -0.894. The normalized spacial score (nSPS) is 11.5. The van der Waals surface area contributed by atoms with Gasteiger partial charge in [-0.1, -0.05) is 6.07 Å². The predicted octanol–water partition coefficient (Wildman–Crippen LogP) is 1.25. The van der Waals surface area contributed by atoms with Gasteiger partial charge in [0.05, 0.1) is 17.1 Å². The maximum absolute atomic E-state index is 13.6. The Hall–Kier alpha value is -2.09. The smallest absolute Gasteiger partial charge is 0.266 e. The summed E-state index contributed by atoms with van der Waals surface area (Å²) >= 11 is 0. The largest absolute Gasteiger partial charge is 0.398 e. The fourth-order valence-electron chi connectivity index (χ4n) is 1.70. The quantitative estimate of drug-likeness (QED) is 0.830. The van der Waals surface area contributed by atoms with Gasteiger partial charge in [-0.15, -0.1) is 0 Å². The van der Waals surface area contributed by atoms with Crippen molar-refractivity contribution in [3.05, 3.63) is 35.9 Å². The van der Waals surface area contributed by atoms with Crippen LogP contribution in [-0.2, 0) is 17.1 Å². The molecule has 6 nitrogen and oxygen atoms in total. The number of anilines is 2. The minimum atomic E-state index is -4.09. The van der Waals surface area contributed by atoms with Crippen LogP contribution in [0.15, 0.2) is 29.3 Å². The van der Waals surface area contributed by atoms with Gasteiger partial charge in [0.1, 0.15) is 10.7 Å². The van der Waals surface area contributed by atoms with E-state index in [0.29, 0.717) is 5.69 Å². The SMILES string of the molecule is Cc1nn(C)cc1NS(=O)(=O)c1c(N)cccc1F. The van der Waals surface area contributed by atoms with Gasteiger partial charge >= 0.3 is 0 Å². The number of nitrogens with one attached hydrogen (secondary N) is 1. The second-order valence-corrected chi connectivity index (χ2v) is 5.68. The van der Waals surface area contributed by atoms with Crippen LogP contribution in [0.3, 0.4) is 0 Å². The van der Waals surface area contributed by atoms with Gasteiger partial charge in [0.2, 0.25) is 0 Å². The number of nitrogens with two attached hydrogens (primary N) is 1. The maximum Gasteiger partial charge on any atom is 0.266 e. The van der Waals surface area contributed by atoms with Crippen molar-refractivity contribution in [2.75, 3.05) is 10.5 Å². The first-order valence-corrected chi connectivity index (χ1v) is 6.86. The van der Waals surface area contributed by atoms with Crippen LogP contribution in [0.1, 0.15) is 5.69 Å². The van der Waals surface area contributed by atoms with Crippen molar-refractivity contribution >= 4 is 21.4 Å². The number of sulfonamides is 1. The van der Waals surface area contributed by atoms with Crippen molar-refractivity contribution in [3.8, 4) is 0 Å². The molecule has 0 spiro atoms. The summed E-state index contributed by atoms with van der Waals surface area (Å²) in [4.78, 5) is -0.557. The first-order valence-electron chi connectivity index (χ1n) is 5.38. The molecule has 0 atom stereocenters. The second-order valence-electron chi connectivity index (χ2n) is 4.07. The van der Waals surface area contributed by atoms with Gasteiger partial charge in [0.25, 0.3) is 10.0 Å². The first kappa shape index (κ1) is 13.3. The zero-order valence-electron chi connectivity index (χ0n) is 10.4. The summed E-state index contributed by atoms with van der Waals surface area (Å²) in [6.45, 7) is 1.64. The molecule has 0 amide bonds. The molecular weight excluding hydrogens is 271 g/mol. The van der Waals surface area contributed by atoms with Crippen molar-refractivity contribution in [3.63, 3.8) is 0 Å². The molecule has 0 saturated carbocycles. The molecule has 0 bridgehead atoms. The molecule has 0 radical (unpaired) electrons. The Bertz CT molecular complexity index is 704. The van der Waals surface area contributed by atoms with Crippen LogP contribution >= 0.6 is 0 Å². The average Bonchev–Trinajstić information content (AvgIpc) is 2.55. The van der Waals surface area contributed by atoms with Crippen molar-refractivity contribution < 1.29 is 12.8 Å². The molecule has 19 heavy (non-hydrogen) atoms. The maximum atomic E-state index is 13.6. The highest BCUT2D eigenvalue weighted by atomic mass is 32.2. The molecule has 1 heterocycles. The molecule has 2 aromatic rings. The number of benzene rings is 1. The molecule has 0 fully saturated rings. The Balaban J connectivity index is 2.47. The Morgan fingerprint density at radius 1 is 1.42 bits per heavy atom. The molecule has 102 valence electrons. The Kier molecular flexibility index (Phi) is 3.19. The van der Waals surface area contributed by atoms with Crippen LogP contribution < -0.4 is 10.5 Å². The zero-order chi connectivity index (χ0) is 14.2. The summed E-state index contributed by atoms with van der Waals surface area (Å²) < 4.78 is 41.6. The average molecular weight is 284 g/mol. The van der Waals surface area contributed by atoms with E-state index >= 15 is 0 Å². The highest BCUT2D eigenvalue weighted by Gasteiger charge is 2.23. The van der Waals surface area contributed by atoms with E-state index in [9.17, 15) is 12.8 Å². The predicted molar refractivity (Wildman–Crippen MR) is 69.6 cm³/mol. The van der Waals surface area contributed by atoms with E-state index in [1.54, 1.807) is 14.0 Å². The molecule has 0 aliphatic rings. The van der Waals surface area contributed by atoms with Crippen LogP contribution in [0, 0.1) is 12.7 Å². The number of hydrogen-bond donors (Lipinski definition) is 2. The Labute approximate surface area is 110 Å². The number of aryl methyl sites for hydroxylation is 2. The highest BCUT2D eigenvalue weighted by Crippen LogP contribution is 2.25. The van der Waals surface area contributed by atoms with Crippen LogP contribution in [-0.4, -0.2) is 18.2 Å². The molecule has 0 unspecified atom stereocenters. The lowest BCUT2D eigenvalue weighted by molar-refractivity contribution is 0.572. The van der Waals surface area contributed by atoms with Crippen LogP contribution in [0.25, 0.3) is 0 Å². The fraction of sp³-hybridized carbons (Fsp3) is 0.182. The molecule has 3 N–H and O–H groups in total. The summed E-state index contributed by atoms with van der Waals surface area (Å²) in [7, 11) is -2.43. The monoisotopic (exact) mass is 284 g/mol. The molecule has 0 saturated heterocycles. The Morgan fingerprint density at radius 2 is 2.11 bits per heavy atom. The van der Waals surface area contributed by atoms with E-state index in [1.807, 2.05) is 0 Å². The lowest BCUT2D eigenvalue weighted by Gasteiger charge is -2.09.